The number of carboxylic acids is 1. The molecule has 0 radical (unpaired) electrons. The molecule has 3 aliphatic rings. The van der Waals surface area contributed by atoms with Gasteiger partial charge in [-0.05, 0) is 31.6 Å². The Labute approximate surface area is 131 Å². The van der Waals surface area contributed by atoms with E-state index in [1.54, 1.807) is 0 Å². The number of fused-ring (bicyclic) bond motifs is 1. The highest BCUT2D eigenvalue weighted by atomic mass is 19.4. The van der Waals surface area contributed by atoms with Gasteiger partial charge in [0.15, 0.2) is 0 Å². The van der Waals surface area contributed by atoms with E-state index >= 15 is 0 Å². The SMILES string of the molecule is O=C(NCC1CC1)[C@@H]1C[C@@H]2OCCN[C@@H]2C1.O=C(O)C(F)(F)F. The maximum atomic E-state index is 11.9. The minimum atomic E-state index is -5.08. The van der Waals surface area contributed by atoms with Crippen LogP contribution in [0.5, 0.6) is 0 Å². The summed E-state index contributed by atoms with van der Waals surface area (Å²) in [7, 11) is 0. The molecular formula is C14H21F3N2O4. The van der Waals surface area contributed by atoms with Crippen molar-refractivity contribution >= 4 is 11.9 Å². The number of halogens is 3. The van der Waals surface area contributed by atoms with Crippen molar-refractivity contribution in [1.82, 2.24) is 10.6 Å². The first-order valence-electron chi connectivity index (χ1n) is 7.70. The predicted octanol–water partition coefficient (Wildman–Crippen LogP) is 0.913. The Bertz CT molecular complexity index is 426. The number of hydrogen-bond donors (Lipinski definition) is 3. The van der Waals surface area contributed by atoms with Crippen LogP contribution >= 0.6 is 0 Å². The number of carbonyl (C=O) groups excluding carboxylic acids is 1. The fraction of sp³-hybridized carbons (Fsp3) is 0.857. The van der Waals surface area contributed by atoms with E-state index in [9.17, 15) is 18.0 Å². The first-order chi connectivity index (χ1) is 10.8. The Morgan fingerprint density at radius 2 is 1.91 bits per heavy atom. The quantitative estimate of drug-likeness (QED) is 0.712. The van der Waals surface area contributed by atoms with E-state index in [-0.39, 0.29) is 17.9 Å². The van der Waals surface area contributed by atoms with Crippen molar-refractivity contribution < 1.29 is 32.6 Å². The Morgan fingerprint density at radius 3 is 2.43 bits per heavy atom. The lowest BCUT2D eigenvalue weighted by atomic mass is 10.1. The molecule has 1 heterocycles. The summed E-state index contributed by atoms with van der Waals surface area (Å²) in [6, 6.07) is 0.408. The van der Waals surface area contributed by atoms with Gasteiger partial charge in [0, 0.05) is 25.0 Å². The van der Waals surface area contributed by atoms with E-state index < -0.39 is 12.1 Å². The van der Waals surface area contributed by atoms with Gasteiger partial charge in [-0.2, -0.15) is 13.2 Å². The number of ether oxygens (including phenoxy) is 1. The standard InChI is InChI=1S/C12H20N2O2.C2HF3O2/c15-12(14-7-8-1-2-8)9-5-10-11(6-9)16-4-3-13-10;3-2(4,5)1(6)7/h8-11,13H,1-7H2,(H,14,15);(H,6,7)/t9-,10+,11-;/m0./s1. The average Bonchev–Trinajstić information content (AvgIpc) is 3.20. The van der Waals surface area contributed by atoms with Crippen LogP contribution in [-0.4, -0.2) is 55.0 Å². The summed E-state index contributed by atoms with van der Waals surface area (Å²) in [5, 5.41) is 13.6. The lowest BCUT2D eigenvalue weighted by molar-refractivity contribution is -0.192. The van der Waals surface area contributed by atoms with Crippen LogP contribution in [0.3, 0.4) is 0 Å². The molecule has 23 heavy (non-hydrogen) atoms. The molecular weight excluding hydrogens is 317 g/mol. The maximum absolute atomic E-state index is 11.9. The zero-order chi connectivity index (χ0) is 17.0. The minimum absolute atomic E-state index is 0.166. The second-order valence-corrected chi connectivity index (χ2v) is 6.13. The van der Waals surface area contributed by atoms with Gasteiger partial charge in [0.05, 0.1) is 12.7 Å². The Kier molecular flexibility index (Phi) is 5.85. The molecule has 0 aromatic carbocycles. The molecule has 132 valence electrons. The van der Waals surface area contributed by atoms with E-state index in [1.807, 2.05) is 0 Å². The number of morpholine rings is 1. The van der Waals surface area contributed by atoms with Crippen molar-refractivity contribution in [3.05, 3.63) is 0 Å². The van der Waals surface area contributed by atoms with Crippen molar-refractivity contribution in [2.45, 2.75) is 44.0 Å². The second kappa shape index (κ2) is 7.48. The third kappa shape index (κ3) is 5.65. The summed E-state index contributed by atoms with van der Waals surface area (Å²) in [4.78, 5) is 20.8. The molecule has 6 nitrogen and oxygen atoms in total. The molecule has 3 rings (SSSR count). The molecule has 3 N–H and O–H groups in total. The Morgan fingerprint density at radius 1 is 1.26 bits per heavy atom. The van der Waals surface area contributed by atoms with Crippen LogP contribution in [0.1, 0.15) is 25.7 Å². The third-order valence-electron chi connectivity index (χ3n) is 4.22. The largest absolute Gasteiger partial charge is 0.490 e. The first-order valence-corrected chi connectivity index (χ1v) is 7.70. The lowest BCUT2D eigenvalue weighted by Gasteiger charge is -2.26. The number of amides is 1. The molecule has 0 aromatic heterocycles. The van der Waals surface area contributed by atoms with Crippen LogP contribution in [0, 0.1) is 11.8 Å². The van der Waals surface area contributed by atoms with Gasteiger partial charge < -0.3 is 20.5 Å². The molecule has 3 fully saturated rings. The molecule has 0 bridgehead atoms. The lowest BCUT2D eigenvalue weighted by Crippen LogP contribution is -2.44. The van der Waals surface area contributed by atoms with E-state index in [4.69, 9.17) is 14.6 Å². The summed E-state index contributed by atoms with van der Waals surface area (Å²) < 4.78 is 37.4. The van der Waals surface area contributed by atoms with Gasteiger partial charge in [0.25, 0.3) is 0 Å². The van der Waals surface area contributed by atoms with Crippen molar-refractivity contribution in [2.75, 3.05) is 19.7 Å². The van der Waals surface area contributed by atoms with Crippen molar-refractivity contribution in [3.8, 4) is 0 Å². The van der Waals surface area contributed by atoms with Crippen molar-refractivity contribution in [1.29, 1.82) is 0 Å². The molecule has 2 aliphatic carbocycles. The normalized spacial score (nSPS) is 30.0. The summed E-state index contributed by atoms with van der Waals surface area (Å²) in [5.41, 5.74) is 0. The second-order valence-electron chi connectivity index (χ2n) is 6.13. The third-order valence-corrected chi connectivity index (χ3v) is 4.22. The van der Waals surface area contributed by atoms with Crippen LogP contribution in [0.4, 0.5) is 13.2 Å². The van der Waals surface area contributed by atoms with Crippen LogP contribution in [-0.2, 0) is 14.3 Å². The number of alkyl halides is 3. The summed E-state index contributed by atoms with van der Waals surface area (Å²) >= 11 is 0. The predicted molar refractivity (Wildman–Crippen MR) is 73.7 cm³/mol. The van der Waals surface area contributed by atoms with Gasteiger partial charge in [0.1, 0.15) is 0 Å². The number of carbonyl (C=O) groups is 2. The van der Waals surface area contributed by atoms with Crippen LogP contribution in [0.25, 0.3) is 0 Å². The molecule has 1 amide bonds. The van der Waals surface area contributed by atoms with E-state index in [2.05, 4.69) is 10.6 Å². The van der Waals surface area contributed by atoms with Crippen LogP contribution in [0.15, 0.2) is 0 Å². The number of aliphatic carboxylic acids is 1. The minimum Gasteiger partial charge on any atom is -0.475 e. The Hall–Kier alpha value is -1.35. The van der Waals surface area contributed by atoms with Crippen LogP contribution < -0.4 is 10.6 Å². The molecule has 1 aliphatic heterocycles. The van der Waals surface area contributed by atoms with Gasteiger partial charge in [0.2, 0.25) is 5.91 Å². The highest BCUT2D eigenvalue weighted by Crippen LogP contribution is 2.31. The van der Waals surface area contributed by atoms with Crippen molar-refractivity contribution in [3.63, 3.8) is 0 Å². The summed E-state index contributed by atoms with van der Waals surface area (Å²) in [6.45, 7) is 2.61. The zero-order valence-electron chi connectivity index (χ0n) is 12.6. The number of hydrogen-bond acceptors (Lipinski definition) is 4. The molecule has 0 spiro atoms. The molecule has 2 saturated carbocycles. The van der Waals surface area contributed by atoms with Crippen molar-refractivity contribution in [2.24, 2.45) is 11.8 Å². The first kappa shape index (κ1) is 18.0. The smallest absolute Gasteiger partial charge is 0.475 e. The fourth-order valence-electron chi connectivity index (χ4n) is 2.78. The fourth-order valence-corrected chi connectivity index (χ4v) is 2.78. The topological polar surface area (TPSA) is 87.7 Å². The van der Waals surface area contributed by atoms with Gasteiger partial charge in [-0.3, -0.25) is 4.79 Å². The molecule has 3 atom stereocenters. The van der Waals surface area contributed by atoms with Gasteiger partial charge >= 0.3 is 12.1 Å². The number of carboxylic acid groups (broad SMARTS) is 1. The van der Waals surface area contributed by atoms with E-state index in [1.165, 1.54) is 12.8 Å². The van der Waals surface area contributed by atoms with Gasteiger partial charge in [-0.1, -0.05) is 0 Å². The summed E-state index contributed by atoms with van der Waals surface area (Å²) in [5.74, 6) is -1.58. The number of nitrogens with one attached hydrogen (secondary N) is 2. The van der Waals surface area contributed by atoms with Gasteiger partial charge in [-0.25, -0.2) is 4.79 Å². The molecule has 1 saturated heterocycles. The maximum Gasteiger partial charge on any atom is 0.490 e. The highest BCUT2D eigenvalue weighted by Gasteiger charge is 2.40. The zero-order valence-corrected chi connectivity index (χ0v) is 12.6. The average molecular weight is 338 g/mol. The van der Waals surface area contributed by atoms with Crippen LogP contribution in [0.2, 0.25) is 0 Å². The monoisotopic (exact) mass is 338 g/mol. The summed E-state index contributed by atoms with van der Waals surface area (Å²) in [6.07, 6.45) is -0.387. The molecule has 9 heteroatoms. The van der Waals surface area contributed by atoms with E-state index in [0.29, 0.717) is 6.04 Å². The highest BCUT2D eigenvalue weighted by molar-refractivity contribution is 5.79. The number of rotatable bonds is 3. The van der Waals surface area contributed by atoms with Gasteiger partial charge in [-0.15, -0.1) is 0 Å². The Balaban J connectivity index is 0.000000236. The van der Waals surface area contributed by atoms with E-state index in [0.717, 1.165) is 38.5 Å². The molecule has 0 unspecified atom stereocenters. The molecule has 0 aromatic rings.